The molecule has 0 radical (unpaired) electrons. The molecule has 2 aliphatic heterocycles. The van der Waals surface area contributed by atoms with Crippen LogP contribution in [0.3, 0.4) is 0 Å². The van der Waals surface area contributed by atoms with E-state index in [-0.39, 0.29) is 11.8 Å². The minimum atomic E-state index is -0.228. The van der Waals surface area contributed by atoms with E-state index in [0.29, 0.717) is 31.6 Å². The average molecular weight is 366 g/mol. The number of carbonyl (C=O) groups is 2. The lowest BCUT2D eigenvalue weighted by Gasteiger charge is -2.23. The maximum Gasteiger partial charge on any atom is 0.271 e. The predicted molar refractivity (Wildman–Crippen MR) is 100 cm³/mol. The van der Waals surface area contributed by atoms with E-state index in [1.807, 2.05) is 35.0 Å². The first-order valence-corrected chi connectivity index (χ1v) is 9.19. The topological polar surface area (TPSA) is 91.6 Å². The second-order valence-electron chi connectivity index (χ2n) is 6.61. The third kappa shape index (κ3) is 3.90. The zero-order valence-corrected chi connectivity index (χ0v) is 15.0. The Kier molecular flexibility index (Phi) is 4.97. The van der Waals surface area contributed by atoms with Crippen molar-refractivity contribution in [3.8, 4) is 0 Å². The molecule has 0 spiro atoms. The monoisotopic (exact) mass is 366 g/mol. The summed E-state index contributed by atoms with van der Waals surface area (Å²) in [6, 6.07) is 11.7. The molecule has 0 aliphatic carbocycles. The van der Waals surface area contributed by atoms with Gasteiger partial charge in [-0.05, 0) is 11.6 Å². The number of nitrogens with zero attached hydrogens (tertiary/aromatic N) is 4. The van der Waals surface area contributed by atoms with Crippen molar-refractivity contribution < 1.29 is 9.59 Å². The molecule has 1 aromatic heterocycles. The molecular weight excluding hydrogens is 344 g/mol. The van der Waals surface area contributed by atoms with Gasteiger partial charge in [0.15, 0.2) is 0 Å². The highest BCUT2D eigenvalue weighted by atomic mass is 16.2. The Balaban J connectivity index is 1.35. The quantitative estimate of drug-likeness (QED) is 0.817. The molecular formula is C19H22N6O2. The zero-order chi connectivity index (χ0) is 18.6. The van der Waals surface area contributed by atoms with E-state index >= 15 is 0 Å². The van der Waals surface area contributed by atoms with Gasteiger partial charge in [0.1, 0.15) is 5.69 Å². The van der Waals surface area contributed by atoms with Crippen LogP contribution >= 0.6 is 0 Å². The largest absolute Gasteiger partial charge is 0.349 e. The number of fused-ring (bicyclic) bond motifs is 1. The molecule has 2 N–H and O–H groups in total. The van der Waals surface area contributed by atoms with Crippen molar-refractivity contribution in [1.29, 1.82) is 0 Å². The number of aromatic nitrogens is 2. The van der Waals surface area contributed by atoms with Gasteiger partial charge in [0.05, 0.1) is 24.5 Å². The summed E-state index contributed by atoms with van der Waals surface area (Å²) >= 11 is 0. The van der Waals surface area contributed by atoms with Crippen LogP contribution in [0.1, 0.15) is 34.6 Å². The van der Waals surface area contributed by atoms with E-state index in [2.05, 4.69) is 20.8 Å². The number of amides is 2. The Morgan fingerprint density at radius 3 is 2.89 bits per heavy atom. The molecule has 140 valence electrons. The van der Waals surface area contributed by atoms with Crippen molar-refractivity contribution in [1.82, 2.24) is 25.4 Å². The molecule has 0 saturated heterocycles. The first kappa shape index (κ1) is 17.4. The van der Waals surface area contributed by atoms with Crippen molar-refractivity contribution in [2.75, 3.05) is 19.6 Å². The Hall–Kier alpha value is -3.00. The molecule has 8 nitrogen and oxygen atoms in total. The zero-order valence-electron chi connectivity index (χ0n) is 15.0. The number of rotatable bonds is 5. The molecule has 1 aromatic carbocycles. The minimum absolute atomic E-state index is 0.0209. The molecule has 0 bridgehead atoms. The normalized spacial score (nSPS) is 16.7. The van der Waals surface area contributed by atoms with E-state index in [1.54, 1.807) is 6.07 Å². The summed E-state index contributed by atoms with van der Waals surface area (Å²) in [5, 5.41) is 16.4. The molecule has 2 amide bonds. The standard InChI is InChI=1S/C19H22N6O2/c26-18-7-6-16(14-4-2-1-3-5-14)22-25(18)11-9-21-19(27)17-12-15-13-20-8-10-24(15)23-17/h1-5,12,20H,6-11,13H2,(H,21,27). The molecule has 2 aromatic rings. The number of nitrogens with one attached hydrogen (secondary N) is 2. The molecule has 8 heteroatoms. The maximum atomic E-state index is 12.3. The number of hydrazone groups is 1. The predicted octanol–water partition coefficient (Wildman–Crippen LogP) is 0.743. The summed E-state index contributed by atoms with van der Waals surface area (Å²) in [6.07, 6.45) is 1.07. The van der Waals surface area contributed by atoms with Crippen LogP contribution in [0, 0.1) is 0 Å². The second kappa shape index (κ2) is 7.71. The fourth-order valence-corrected chi connectivity index (χ4v) is 3.28. The highest BCUT2D eigenvalue weighted by molar-refractivity contribution is 6.04. The molecule has 0 saturated carbocycles. The highest BCUT2D eigenvalue weighted by Gasteiger charge is 2.21. The Labute approximate surface area is 157 Å². The van der Waals surface area contributed by atoms with Gasteiger partial charge in [0, 0.05) is 32.5 Å². The molecule has 27 heavy (non-hydrogen) atoms. The first-order chi connectivity index (χ1) is 13.2. The summed E-state index contributed by atoms with van der Waals surface area (Å²) in [5.41, 5.74) is 3.34. The van der Waals surface area contributed by atoms with Gasteiger partial charge in [-0.1, -0.05) is 30.3 Å². The van der Waals surface area contributed by atoms with E-state index in [9.17, 15) is 9.59 Å². The minimum Gasteiger partial charge on any atom is -0.349 e. The molecule has 0 unspecified atom stereocenters. The second-order valence-corrected chi connectivity index (χ2v) is 6.61. The summed E-state index contributed by atoms with van der Waals surface area (Å²) in [5.74, 6) is -0.249. The van der Waals surface area contributed by atoms with Crippen molar-refractivity contribution in [2.24, 2.45) is 5.10 Å². The Morgan fingerprint density at radius 1 is 1.22 bits per heavy atom. The van der Waals surface area contributed by atoms with Crippen LogP contribution in [-0.2, 0) is 17.9 Å². The van der Waals surface area contributed by atoms with E-state index < -0.39 is 0 Å². The van der Waals surface area contributed by atoms with Crippen LogP contribution in [0.2, 0.25) is 0 Å². The Morgan fingerprint density at radius 2 is 2.07 bits per heavy atom. The van der Waals surface area contributed by atoms with Gasteiger partial charge in [-0.15, -0.1) is 0 Å². The number of benzene rings is 1. The summed E-state index contributed by atoms with van der Waals surface area (Å²) in [4.78, 5) is 24.5. The first-order valence-electron chi connectivity index (χ1n) is 9.19. The fourth-order valence-electron chi connectivity index (χ4n) is 3.28. The van der Waals surface area contributed by atoms with Gasteiger partial charge in [0.2, 0.25) is 5.91 Å². The summed E-state index contributed by atoms with van der Waals surface area (Å²) in [7, 11) is 0. The van der Waals surface area contributed by atoms with Gasteiger partial charge < -0.3 is 10.6 Å². The number of hydrogen-bond donors (Lipinski definition) is 2. The molecule has 3 heterocycles. The lowest BCUT2D eigenvalue weighted by Crippen LogP contribution is -2.38. The van der Waals surface area contributed by atoms with Gasteiger partial charge in [-0.2, -0.15) is 10.2 Å². The number of hydrogen-bond acceptors (Lipinski definition) is 5. The highest BCUT2D eigenvalue weighted by Crippen LogP contribution is 2.14. The molecule has 4 rings (SSSR count). The fraction of sp³-hybridized carbons (Fsp3) is 0.368. The summed E-state index contributed by atoms with van der Waals surface area (Å²) in [6.45, 7) is 3.02. The van der Waals surface area contributed by atoms with E-state index in [1.165, 1.54) is 5.01 Å². The third-order valence-corrected chi connectivity index (χ3v) is 4.72. The maximum absolute atomic E-state index is 12.3. The van der Waals surface area contributed by atoms with Crippen molar-refractivity contribution in [3.05, 3.63) is 53.3 Å². The van der Waals surface area contributed by atoms with Crippen LogP contribution in [0.15, 0.2) is 41.5 Å². The lowest BCUT2D eigenvalue weighted by molar-refractivity contribution is -0.131. The molecule has 0 fully saturated rings. The van der Waals surface area contributed by atoms with Crippen molar-refractivity contribution >= 4 is 17.5 Å². The number of carbonyl (C=O) groups excluding carboxylic acids is 2. The van der Waals surface area contributed by atoms with Gasteiger partial charge >= 0.3 is 0 Å². The smallest absolute Gasteiger partial charge is 0.271 e. The summed E-state index contributed by atoms with van der Waals surface area (Å²) < 4.78 is 1.86. The average Bonchev–Trinajstić information content (AvgIpc) is 3.14. The molecule has 2 aliphatic rings. The SMILES string of the molecule is O=C(NCCN1N=C(c2ccccc2)CCC1=O)c1cc2n(n1)CCNC2. The van der Waals surface area contributed by atoms with Crippen LogP contribution < -0.4 is 10.6 Å². The van der Waals surface area contributed by atoms with Crippen molar-refractivity contribution in [2.45, 2.75) is 25.9 Å². The van der Waals surface area contributed by atoms with Crippen LogP contribution in [0.25, 0.3) is 0 Å². The van der Waals surface area contributed by atoms with Gasteiger partial charge in [-0.3, -0.25) is 14.3 Å². The van der Waals surface area contributed by atoms with E-state index in [0.717, 1.165) is 36.6 Å². The van der Waals surface area contributed by atoms with Gasteiger partial charge in [-0.25, -0.2) is 5.01 Å². The van der Waals surface area contributed by atoms with Crippen LogP contribution in [0.4, 0.5) is 0 Å². The Bertz CT molecular complexity index is 850. The molecule has 0 atom stereocenters. The van der Waals surface area contributed by atoms with Gasteiger partial charge in [0.25, 0.3) is 5.91 Å². The van der Waals surface area contributed by atoms with Crippen LogP contribution in [-0.4, -0.2) is 51.9 Å². The van der Waals surface area contributed by atoms with Crippen LogP contribution in [0.5, 0.6) is 0 Å². The lowest BCUT2D eigenvalue weighted by atomic mass is 10.0. The van der Waals surface area contributed by atoms with Crippen molar-refractivity contribution in [3.63, 3.8) is 0 Å². The third-order valence-electron chi connectivity index (χ3n) is 4.72. The van der Waals surface area contributed by atoms with E-state index in [4.69, 9.17) is 0 Å².